The number of benzene rings is 1. The standard InChI is InChI=1S/C17H22ClFO/c1-3-5-7-14(4-2)13-20-17-12-15(8-6-11-18)9-10-16(17)19/h9-10,12,14H,3-5,7,11,13H2,1-2H3. The lowest BCUT2D eigenvalue weighted by molar-refractivity contribution is 0.225. The Morgan fingerprint density at radius 2 is 2.15 bits per heavy atom. The highest BCUT2D eigenvalue weighted by Gasteiger charge is 2.09. The van der Waals surface area contributed by atoms with Crippen molar-refractivity contribution in [1.29, 1.82) is 0 Å². The van der Waals surface area contributed by atoms with E-state index < -0.39 is 0 Å². The van der Waals surface area contributed by atoms with Crippen LogP contribution in [-0.2, 0) is 0 Å². The first-order valence-electron chi connectivity index (χ1n) is 7.18. The van der Waals surface area contributed by atoms with E-state index in [-0.39, 0.29) is 17.4 Å². The van der Waals surface area contributed by atoms with Gasteiger partial charge in [0.1, 0.15) is 0 Å². The van der Waals surface area contributed by atoms with E-state index in [1.54, 1.807) is 12.1 Å². The topological polar surface area (TPSA) is 9.23 Å². The van der Waals surface area contributed by atoms with Crippen LogP contribution >= 0.6 is 11.6 Å². The lowest BCUT2D eigenvalue weighted by atomic mass is 10.0. The molecule has 0 aliphatic rings. The Kier molecular flexibility index (Phi) is 8.14. The maximum absolute atomic E-state index is 13.7. The molecule has 0 spiro atoms. The molecule has 0 fully saturated rings. The van der Waals surface area contributed by atoms with Crippen LogP contribution in [0, 0.1) is 23.6 Å². The van der Waals surface area contributed by atoms with Gasteiger partial charge in [-0.05, 0) is 30.5 Å². The van der Waals surface area contributed by atoms with Crippen LogP contribution < -0.4 is 4.74 Å². The molecule has 1 nitrogen and oxygen atoms in total. The minimum Gasteiger partial charge on any atom is -0.490 e. The van der Waals surface area contributed by atoms with Crippen molar-refractivity contribution in [3.8, 4) is 17.6 Å². The molecule has 20 heavy (non-hydrogen) atoms. The second kappa shape index (κ2) is 9.66. The molecular formula is C17H22ClFO. The third kappa shape index (κ3) is 5.84. The SMILES string of the molecule is CCCCC(CC)COc1cc(C#CCCl)ccc1F. The average Bonchev–Trinajstić information content (AvgIpc) is 2.47. The van der Waals surface area contributed by atoms with Crippen molar-refractivity contribution in [2.75, 3.05) is 12.5 Å². The Balaban J connectivity index is 2.65. The van der Waals surface area contributed by atoms with Crippen molar-refractivity contribution in [3.63, 3.8) is 0 Å². The Labute approximate surface area is 126 Å². The number of unbranched alkanes of at least 4 members (excludes halogenated alkanes) is 1. The van der Waals surface area contributed by atoms with E-state index >= 15 is 0 Å². The molecule has 0 amide bonds. The highest BCUT2D eigenvalue weighted by Crippen LogP contribution is 2.21. The van der Waals surface area contributed by atoms with Gasteiger partial charge >= 0.3 is 0 Å². The van der Waals surface area contributed by atoms with Crippen molar-refractivity contribution >= 4 is 11.6 Å². The van der Waals surface area contributed by atoms with Gasteiger partial charge in [0.2, 0.25) is 0 Å². The van der Waals surface area contributed by atoms with Crippen molar-refractivity contribution in [2.45, 2.75) is 39.5 Å². The normalized spacial score (nSPS) is 11.6. The summed E-state index contributed by atoms with van der Waals surface area (Å²) in [7, 11) is 0. The van der Waals surface area contributed by atoms with Gasteiger partial charge in [-0.2, -0.15) is 0 Å². The number of rotatable bonds is 7. The number of halogens is 2. The van der Waals surface area contributed by atoms with Gasteiger partial charge in [-0.25, -0.2) is 4.39 Å². The Morgan fingerprint density at radius 1 is 1.35 bits per heavy atom. The first-order chi connectivity index (χ1) is 9.71. The zero-order valence-corrected chi connectivity index (χ0v) is 13.0. The molecule has 0 aliphatic carbocycles. The van der Waals surface area contributed by atoms with Crippen LogP contribution in [0.25, 0.3) is 0 Å². The highest BCUT2D eigenvalue weighted by atomic mass is 35.5. The molecule has 0 bridgehead atoms. The van der Waals surface area contributed by atoms with Crippen LogP contribution in [0.15, 0.2) is 18.2 Å². The predicted molar refractivity (Wildman–Crippen MR) is 82.8 cm³/mol. The van der Waals surface area contributed by atoms with E-state index in [9.17, 15) is 4.39 Å². The number of ether oxygens (including phenoxy) is 1. The lowest BCUT2D eigenvalue weighted by Gasteiger charge is -2.16. The second-order valence-corrected chi connectivity index (χ2v) is 5.08. The van der Waals surface area contributed by atoms with Crippen molar-refractivity contribution in [1.82, 2.24) is 0 Å². The van der Waals surface area contributed by atoms with Crippen molar-refractivity contribution < 1.29 is 9.13 Å². The molecule has 0 saturated carbocycles. The van der Waals surface area contributed by atoms with Crippen LogP contribution in [0.1, 0.15) is 45.1 Å². The van der Waals surface area contributed by atoms with E-state index in [1.165, 1.54) is 18.9 Å². The van der Waals surface area contributed by atoms with E-state index in [0.717, 1.165) is 18.4 Å². The summed E-state index contributed by atoms with van der Waals surface area (Å²) < 4.78 is 19.3. The molecule has 0 N–H and O–H groups in total. The fourth-order valence-corrected chi connectivity index (χ4v) is 2.00. The minimum absolute atomic E-state index is 0.266. The smallest absolute Gasteiger partial charge is 0.165 e. The number of hydrogen-bond acceptors (Lipinski definition) is 1. The van der Waals surface area contributed by atoms with Crippen LogP contribution in [0.3, 0.4) is 0 Å². The summed E-state index contributed by atoms with van der Waals surface area (Å²) in [6, 6.07) is 4.66. The molecule has 110 valence electrons. The Bertz CT molecular complexity index is 462. The van der Waals surface area contributed by atoms with Gasteiger partial charge in [-0.15, -0.1) is 11.6 Å². The summed E-state index contributed by atoms with van der Waals surface area (Å²) in [6.45, 7) is 4.87. The van der Waals surface area contributed by atoms with Crippen LogP contribution in [0.2, 0.25) is 0 Å². The molecular weight excluding hydrogens is 275 g/mol. The highest BCUT2D eigenvalue weighted by molar-refractivity contribution is 6.19. The lowest BCUT2D eigenvalue weighted by Crippen LogP contribution is -2.12. The minimum atomic E-state index is -0.341. The molecule has 1 aromatic carbocycles. The Morgan fingerprint density at radius 3 is 2.80 bits per heavy atom. The molecule has 1 atom stereocenters. The summed E-state index contributed by atoms with van der Waals surface area (Å²) in [4.78, 5) is 0. The van der Waals surface area contributed by atoms with Gasteiger partial charge < -0.3 is 4.74 Å². The molecule has 0 aromatic heterocycles. The molecule has 0 saturated heterocycles. The summed E-state index contributed by atoms with van der Waals surface area (Å²) >= 11 is 5.51. The van der Waals surface area contributed by atoms with Gasteiger partial charge in [-0.3, -0.25) is 0 Å². The van der Waals surface area contributed by atoms with Crippen molar-refractivity contribution in [2.24, 2.45) is 5.92 Å². The first kappa shape index (κ1) is 16.9. The number of alkyl halides is 1. The fraction of sp³-hybridized carbons (Fsp3) is 0.529. The van der Waals surface area contributed by atoms with E-state index in [4.69, 9.17) is 16.3 Å². The van der Waals surface area contributed by atoms with Crippen molar-refractivity contribution in [3.05, 3.63) is 29.6 Å². The molecule has 0 radical (unpaired) electrons. The molecule has 3 heteroatoms. The first-order valence-corrected chi connectivity index (χ1v) is 7.71. The molecule has 1 unspecified atom stereocenters. The van der Waals surface area contributed by atoms with Gasteiger partial charge in [0.25, 0.3) is 0 Å². The molecule has 0 aliphatic heterocycles. The largest absolute Gasteiger partial charge is 0.490 e. The quantitative estimate of drug-likeness (QED) is 0.507. The zero-order chi connectivity index (χ0) is 14.8. The van der Waals surface area contributed by atoms with Gasteiger partial charge in [-0.1, -0.05) is 45.0 Å². The average molecular weight is 297 g/mol. The van der Waals surface area contributed by atoms with E-state index in [0.29, 0.717) is 12.5 Å². The van der Waals surface area contributed by atoms with Gasteiger partial charge in [0.15, 0.2) is 11.6 Å². The van der Waals surface area contributed by atoms with Gasteiger partial charge in [0, 0.05) is 5.56 Å². The fourth-order valence-electron chi connectivity index (χ4n) is 1.93. The maximum atomic E-state index is 13.7. The third-order valence-corrected chi connectivity index (χ3v) is 3.38. The third-order valence-electron chi connectivity index (χ3n) is 3.25. The summed E-state index contributed by atoms with van der Waals surface area (Å²) in [5, 5.41) is 0. The van der Waals surface area contributed by atoms with E-state index in [1.807, 2.05) is 0 Å². The monoisotopic (exact) mass is 296 g/mol. The summed E-state index contributed by atoms with van der Waals surface area (Å²) in [5.41, 5.74) is 0.726. The molecule has 1 aromatic rings. The maximum Gasteiger partial charge on any atom is 0.165 e. The Hall–Kier alpha value is -1.20. The van der Waals surface area contributed by atoms with Crippen LogP contribution in [0.4, 0.5) is 4.39 Å². The summed E-state index contributed by atoms with van der Waals surface area (Å²) in [5.74, 6) is 6.30. The predicted octanol–water partition coefficient (Wildman–Crippen LogP) is 5.01. The van der Waals surface area contributed by atoms with Crippen LogP contribution in [-0.4, -0.2) is 12.5 Å². The second-order valence-electron chi connectivity index (χ2n) is 4.81. The molecule has 0 heterocycles. The van der Waals surface area contributed by atoms with E-state index in [2.05, 4.69) is 25.7 Å². The van der Waals surface area contributed by atoms with Crippen LogP contribution in [0.5, 0.6) is 5.75 Å². The zero-order valence-electron chi connectivity index (χ0n) is 12.2. The van der Waals surface area contributed by atoms with Gasteiger partial charge in [0.05, 0.1) is 12.5 Å². The molecule has 1 rings (SSSR count). The summed E-state index contributed by atoms with van der Waals surface area (Å²) in [6.07, 6.45) is 4.54. The number of hydrogen-bond donors (Lipinski definition) is 0.